The lowest BCUT2D eigenvalue weighted by Crippen LogP contribution is -2.44. The number of ketones is 1. The predicted octanol–water partition coefficient (Wildman–Crippen LogP) is 4.74. The van der Waals surface area contributed by atoms with Gasteiger partial charge in [0.2, 0.25) is 5.91 Å². The van der Waals surface area contributed by atoms with Crippen LogP contribution in [0.3, 0.4) is 0 Å². The minimum Gasteiger partial charge on any atom is -0.481 e. The first kappa shape index (κ1) is 29.5. The Morgan fingerprint density at radius 1 is 1.05 bits per heavy atom. The van der Waals surface area contributed by atoms with E-state index in [1.165, 1.54) is 11.0 Å². The lowest BCUT2D eigenvalue weighted by atomic mass is 9.86. The molecule has 0 radical (unpaired) electrons. The SMILES string of the molecule is C[Si](C)(C)c1c(F)cc(CC(=O)[C@H]2c3ccc(COC(F)F)cc3CCN2C(=O)CCCC(=O)O)cc1F. The maximum Gasteiger partial charge on any atom is 0.345 e. The maximum atomic E-state index is 14.8. The number of fused-ring (bicyclic) bond motifs is 1. The molecule has 2 aromatic carbocycles. The van der Waals surface area contributed by atoms with Crippen LogP contribution in [0.15, 0.2) is 30.3 Å². The molecule has 0 aromatic heterocycles. The quantitative estimate of drug-likeness (QED) is 0.321. The molecule has 6 nitrogen and oxygen atoms in total. The molecule has 0 spiro atoms. The highest BCUT2D eigenvalue weighted by Crippen LogP contribution is 2.33. The van der Waals surface area contributed by atoms with Gasteiger partial charge in [-0.2, -0.15) is 8.78 Å². The lowest BCUT2D eigenvalue weighted by Gasteiger charge is -2.37. The Hall–Kier alpha value is -3.05. The molecule has 1 amide bonds. The van der Waals surface area contributed by atoms with Crippen LogP contribution in [0.25, 0.3) is 0 Å². The van der Waals surface area contributed by atoms with Crippen molar-refractivity contribution in [1.29, 1.82) is 0 Å². The third-order valence-corrected chi connectivity index (χ3v) is 8.43. The normalized spacial score (nSPS) is 15.5. The zero-order chi connectivity index (χ0) is 28.2. The third kappa shape index (κ3) is 7.28. The van der Waals surface area contributed by atoms with Crippen LogP contribution >= 0.6 is 0 Å². The number of nitrogens with zero attached hydrogens (tertiary/aromatic N) is 1. The fourth-order valence-electron chi connectivity index (χ4n) is 4.82. The molecule has 1 N–H and O–H groups in total. The number of benzene rings is 2. The minimum absolute atomic E-state index is 0.0468. The Morgan fingerprint density at radius 3 is 2.29 bits per heavy atom. The zero-order valence-electron chi connectivity index (χ0n) is 21.5. The fourth-order valence-corrected chi connectivity index (χ4v) is 6.40. The number of carbonyl (C=O) groups excluding carboxylic acids is 2. The fraction of sp³-hybridized carbons (Fsp3) is 0.444. The number of carbonyl (C=O) groups is 3. The molecule has 0 bridgehead atoms. The summed E-state index contributed by atoms with van der Waals surface area (Å²) in [7, 11) is -2.32. The highest BCUT2D eigenvalue weighted by Gasteiger charge is 2.36. The molecule has 1 aliphatic heterocycles. The van der Waals surface area contributed by atoms with E-state index in [1.54, 1.807) is 12.1 Å². The summed E-state index contributed by atoms with van der Waals surface area (Å²) >= 11 is 0. The van der Waals surface area contributed by atoms with E-state index in [0.717, 1.165) is 12.1 Å². The number of amides is 1. The van der Waals surface area contributed by atoms with E-state index in [-0.39, 0.29) is 49.6 Å². The monoisotopic (exact) mass is 553 g/mol. The second-order valence-corrected chi connectivity index (χ2v) is 15.4. The molecule has 2 aromatic rings. The zero-order valence-corrected chi connectivity index (χ0v) is 22.5. The van der Waals surface area contributed by atoms with Crippen molar-refractivity contribution in [2.45, 2.75) is 71.0 Å². The van der Waals surface area contributed by atoms with Gasteiger partial charge in [0.05, 0.1) is 14.7 Å². The number of carboxylic acid groups (broad SMARTS) is 1. The van der Waals surface area contributed by atoms with E-state index in [0.29, 0.717) is 23.1 Å². The van der Waals surface area contributed by atoms with Gasteiger partial charge in [0, 0.05) is 31.0 Å². The summed E-state index contributed by atoms with van der Waals surface area (Å²) < 4.78 is 59.0. The summed E-state index contributed by atoms with van der Waals surface area (Å²) in [5.74, 6) is -3.33. The highest BCUT2D eigenvalue weighted by molar-refractivity contribution is 6.88. The Bertz CT molecular complexity index is 1190. The van der Waals surface area contributed by atoms with Gasteiger partial charge < -0.3 is 14.7 Å². The minimum atomic E-state index is -2.94. The third-order valence-electron chi connectivity index (χ3n) is 6.45. The Labute approximate surface area is 219 Å². The number of Topliss-reactive ketones (excluding diaryl/α,β-unsaturated/α-hetero) is 1. The molecule has 0 saturated heterocycles. The number of hydrogen-bond donors (Lipinski definition) is 1. The van der Waals surface area contributed by atoms with Crippen molar-refractivity contribution in [3.8, 4) is 0 Å². The van der Waals surface area contributed by atoms with Crippen LogP contribution in [0.4, 0.5) is 17.6 Å². The van der Waals surface area contributed by atoms with Gasteiger partial charge in [0.1, 0.15) is 17.7 Å². The average molecular weight is 554 g/mol. The van der Waals surface area contributed by atoms with E-state index in [1.807, 2.05) is 19.6 Å². The number of hydrogen-bond acceptors (Lipinski definition) is 4. The molecular formula is C27H31F4NO5Si. The molecule has 0 fully saturated rings. The van der Waals surface area contributed by atoms with Crippen molar-refractivity contribution >= 4 is 30.9 Å². The Kier molecular flexibility index (Phi) is 9.48. The average Bonchev–Trinajstić information content (AvgIpc) is 2.80. The lowest BCUT2D eigenvalue weighted by molar-refractivity contribution is -0.141. The van der Waals surface area contributed by atoms with Crippen LogP contribution < -0.4 is 5.19 Å². The van der Waals surface area contributed by atoms with Gasteiger partial charge in [-0.3, -0.25) is 14.4 Å². The molecule has 38 heavy (non-hydrogen) atoms. The van der Waals surface area contributed by atoms with E-state index >= 15 is 0 Å². The standard InChI is InChI=1S/C27H31F4NO5Si/c1-38(2,3)26-20(28)12-17(13-21(26)29)14-22(33)25-19-8-7-16(15-37-27(30)31)11-18(19)9-10-32(25)23(34)5-4-6-24(35)36/h7-8,11-13,25,27H,4-6,9-10,14-15H2,1-3H3,(H,35,36)/t25-/m1/s1. The Morgan fingerprint density at radius 2 is 1.71 bits per heavy atom. The van der Waals surface area contributed by atoms with Crippen LogP contribution in [0, 0.1) is 11.6 Å². The van der Waals surface area contributed by atoms with Gasteiger partial charge in [-0.1, -0.05) is 37.8 Å². The number of halogens is 4. The Balaban J connectivity index is 1.93. The topological polar surface area (TPSA) is 83.9 Å². The van der Waals surface area contributed by atoms with Crippen LogP contribution in [0.5, 0.6) is 0 Å². The molecule has 1 heterocycles. The smallest absolute Gasteiger partial charge is 0.345 e. The second-order valence-electron chi connectivity index (χ2n) is 10.4. The van der Waals surface area contributed by atoms with Crippen molar-refractivity contribution in [2.75, 3.05) is 6.54 Å². The summed E-state index contributed by atoms with van der Waals surface area (Å²) in [5, 5.41) is 8.94. The highest BCUT2D eigenvalue weighted by atomic mass is 28.3. The molecule has 11 heteroatoms. The van der Waals surface area contributed by atoms with E-state index in [4.69, 9.17) is 5.11 Å². The number of aliphatic carboxylic acids is 1. The summed E-state index contributed by atoms with van der Waals surface area (Å²) in [6.45, 7) is 2.31. The predicted molar refractivity (Wildman–Crippen MR) is 135 cm³/mol. The van der Waals surface area contributed by atoms with Crippen LogP contribution in [0.2, 0.25) is 19.6 Å². The molecule has 1 aliphatic rings. The van der Waals surface area contributed by atoms with Crippen molar-refractivity contribution in [1.82, 2.24) is 4.90 Å². The van der Waals surface area contributed by atoms with Crippen LogP contribution in [0.1, 0.15) is 47.6 Å². The van der Waals surface area contributed by atoms with Gasteiger partial charge in [0.25, 0.3) is 0 Å². The molecule has 0 saturated carbocycles. The van der Waals surface area contributed by atoms with Crippen LogP contribution in [-0.4, -0.2) is 48.9 Å². The summed E-state index contributed by atoms with van der Waals surface area (Å²) in [5.41, 5.74) is 1.79. The first-order chi connectivity index (χ1) is 17.8. The first-order valence-electron chi connectivity index (χ1n) is 12.3. The second kappa shape index (κ2) is 12.2. The molecule has 3 rings (SSSR count). The number of ether oxygens (including phenoxy) is 1. The molecule has 206 valence electrons. The van der Waals surface area contributed by atoms with Crippen molar-refractivity contribution in [3.05, 3.63) is 64.2 Å². The molecule has 0 unspecified atom stereocenters. The number of rotatable bonds is 11. The first-order valence-corrected chi connectivity index (χ1v) is 15.8. The van der Waals surface area contributed by atoms with Crippen molar-refractivity contribution in [2.24, 2.45) is 0 Å². The summed E-state index contributed by atoms with van der Waals surface area (Å²) in [6.07, 6.45) is -0.180. The van der Waals surface area contributed by atoms with Crippen LogP contribution in [-0.2, 0) is 38.6 Å². The van der Waals surface area contributed by atoms with Gasteiger partial charge in [-0.15, -0.1) is 0 Å². The number of carboxylic acids is 1. The van der Waals surface area contributed by atoms with Gasteiger partial charge in [-0.25, -0.2) is 8.78 Å². The van der Waals surface area contributed by atoms with Crippen molar-refractivity contribution < 1.29 is 41.8 Å². The molecular weight excluding hydrogens is 522 g/mol. The van der Waals surface area contributed by atoms with E-state index in [2.05, 4.69) is 4.74 Å². The summed E-state index contributed by atoms with van der Waals surface area (Å²) in [6, 6.07) is 6.00. The molecule has 1 atom stereocenters. The number of alkyl halides is 2. The van der Waals surface area contributed by atoms with Gasteiger partial charge >= 0.3 is 12.6 Å². The largest absolute Gasteiger partial charge is 0.481 e. The van der Waals surface area contributed by atoms with Gasteiger partial charge in [-0.05, 0) is 47.2 Å². The van der Waals surface area contributed by atoms with Crippen molar-refractivity contribution in [3.63, 3.8) is 0 Å². The van der Waals surface area contributed by atoms with Gasteiger partial charge in [0.15, 0.2) is 5.78 Å². The molecule has 0 aliphatic carbocycles. The van der Waals surface area contributed by atoms with E-state index in [9.17, 15) is 31.9 Å². The van der Waals surface area contributed by atoms with E-state index < -0.39 is 50.0 Å². The maximum absolute atomic E-state index is 14.8. The summed E-state index contributed by atoms with van der Waals surface area (Å²) in [4.78, 5) is 38.8.